The van der Waals surface area contributed by atoms with Crippen LogP contribution in [0.15, 0.2) is 39.5 Å². The van der Waals surface area contributed by atoms with Crippen LogP contribution in [0.3, 0.4) is 0 Å². The fourth-order valence-corrected chi connectivity index (χ4v) is 4.86. The first-order chi connectivity index (χ1) is 20.9. The van der Waals surface area contributed by atoms with Crippen molar-refractivity contribution in [3.05, 3.63) is 40.6 Å². The molecule has 0 amide bonds. The lowest BCUT2D eigenvalue weighted by Crippen LogP contribution is -2.60. The molecule has 3 heterocycles. The molecule has 11 N–H and O–H groups in total. The van der Waals surface area contributed by atoms with Gasteiger partial charge in [-0.3, -0.25) is 4.79 Å². The number of aliphatic hydroxyl groups is 8. The molecule has 2 aliphatic heterocycles. The summed E-state index contributed by atoms with van der Waals surface area (Å²) in [4.78, 5) is 13.3. The maximum absolute atomic E-state index is 13.3. The second kappa shape index (κ2) is 12.3. The van der Waals surface area contributed by atoms with E-state index in [0.717, 1.165) is 6.07 Å². The summed E-state index contributed by atoms with van der Waals surface area (Å²) >= 11 is 0. The van der Waals surface area contributed by atoms with E-state index in [0.29, 0.717) is 0 Å². The van der Waals surface area contributed by atoms with Crippen LogP contribution >= 0.6 is 0 Å². The Balaban J connectivity index is 1.65. The van der Waals surface area contributed by atoms with Gasteiger partial charge in [-0.05, 0) is 24.3 Å². The molecule has 240 valence electrons. The van der Waals surface area contributed by atoms with Gasteiger partial charge in [0.1, 0.15) is 65.6 Å². The highest BCUT2D eigenvalue weighted by Gasteiger charge is 2.47. The minimum absolute atomic E-state index is 0.126. The summed E-state index contributed by atoms with van der Waals surface area (Å²) in [5.41, 5.74) is -1.48. The van der Waals surface area contributed by atoms with Crippen LogP contribution in [0.1, 0.15) is 0 Å². The monoisotopic (exact) mass is 626 g/mol. The van der Waals surface area contributed by atoms with Crippen molar-refractivity contribution < 1.29 is 79.5 Å². The normalized spacial score (nSPS) is 32.5. The number of phenols is 2. The topological polar surface area (TPSA) is 290 Å². The molecule has 0 unspecified atom stereocenters. The molecular weight excluding hydrogens is 596 g/mol. The van der Waals surface area contributed by atoms with Crippen LogP contribution in [0.2, 0.25) is 0 Å². The van der Waals surface area contributed by atoms with Gasteiger partial charge in [0.05, 0.1) is 13.2 Å². The molecule has 0 spiro atoms. The molecular formula is C27H30O17. The second-order valence-electron chi connectivity index (χ2n) is 10.2. The number of rotatable bonds is 7. The quantitative estimate of drug-likeness (QED) is 0.124. The summed E-state index contributed by atoms with van der Waals surface area (Å²) in [6.45, 7) is -1.65. The first-order valence-corrected chi connectivity index (χ1v) is 13.2. The lowest BCUT2D eigenvalue weighted by atomic mass is 9.99. The average molecular weight is 627 g/mol. The van der Waals surface area contributed by atoms with Crippen molar-refractivity contribution in [2.24, 2.45) is 0 Å². The summed E-state index contributed by atoms with van der Waals surface area (Å²) < 4.78 is 27.6. The molecule has 0 saturated carbocycles. The molecule has 3 aromatic rings. The molecule has 17 heteroatoms. The molecule has 1 aromatic heterocycles. The fourth-order valence-electron chi connectivity index (χ4n) is 4.86. The van der Waals surface area contributed by atoms with Gasteiger partial charge in [-0.2, -0.15) is 0 Å². The van der Waals surface area contributed by atoms with E-state index in [1.54, 1.807) is 0 Å². The van der Waals surface area contributed by atoms with Gasteiger partial charge in [0.2, 0.25) is 29.5 Å². The molecule has 44 heavy (non-hydrogen) atoms. The standard InChI is InChI=1S/C27H30O17/c28-6-12-15(31)19(35)22(38)26(42-12)41-11-5-10-14(17(33)21(37)24(40-10)8-1-3-9(30)4-2-8)18(34)25(11)44-27-23(39)20(36)16(32)13(7-29)43-27/h1-5,12-13,15-16,19-20,22-23,26-32,34-39H,6-7H2/t12-,13-,15-,16-,19+,20+,22-,23-,26-,27-/m1/s1. The van der Waals surface area contributed by atoms with Crippen molar-refractivity contribution in [3.63, 3.8) is 0 Å². The van der Waals surface area contributed by atoms with Gasteiger partial charge in [0.25, 0.3) is 0 Å². The molecule has 0 aliphatic carbocycles. The third kappa shape index (κ3) is 5.50. The summed E-state index contributed by atoms with van der Waals surface area (Å²) in [7, 11) is 0. The Morgan fingerprint density at radius 1 is 0.682 bits per heavy atom. The zero-order chi connectivity index (χ0) is 32.0. The number of benzene rings is 2. The Labute approximate surface area is 246 Å². The highest BCUT2D eigenvalue weighted by Crippen LogP contribution is 2.46. The van der Waals surface area contributed by atoms with Gasteiger partial charge in [-0.1, -0.05) is 0 Å². The van der Waals surface area contributed by atoms with Crippen LogP contribution in [0.25, 0.3) is 22.3 Å². The molecule has 0 radical (unpaired) electrons. The van der Waals surface area contributed by atoms with Crippen molar-refractivity contribution in [3.8, 4) is 40.1 Å². The number of hydrogen-bond donors (Lipinski definition) is 11. The van der Waals surface area contributed by atoms with E-state index in [9.17, 15) is 61.0 Å². The van der Waals surface area contributed by atoms with Crippen molar-refractivity contribution in [1.82, 2.24) is 0 Å². The lowest BCUT2D eigenvalue weighted by Gasteiger charge is -2.41. The number of hydrogen-bond acceptors (Lipinski definition) is 17. The third-order valence-corrected chi connectivity index (χ3v) is 7.36. The predicted octanol–water partition coefficient (Wildman–Crippen LogP) is -3.07. The average Bonchev–Trinajstić information content (AvgIpc) is 3.01. The van der Waals surface area contributed by atoms with Crippen LogP contribution in [-0.4, -0.2) is 131 Å². The largest absolute Gasteiger partial charge is 0.508 e. The highest BCUT2D eigenvalue weighted by molar-refractivity contribution is 5.91. The van der Waals surface area contributed by atoms with Gasteiger partial charge in [-0.15, -0.1) is 0 Å². The van der Waals surface area contributed by atoms with Crippen molar-refractivity contribution in [1.29, 1.82) is 0 Å². The summed E-state index contributed by atoms with van der Waals surface area (Å²) in [6, 6.07) is 6.09. The maximum atomic E-state index is 13.3. The molecule has 2 fully saturated rings. The number of fused-ring (bicyclic) bond motifs is 1. The summed E-state index contributed by atoms with van der Waals surface area (Å²) in [5.74, 6) is -3.97. The SMILES string of the molecule is O=c1c(O)c(-c2ccc(O)cc2)oc2cc(O[C@@H]3O[C@H](CO)[C@@H](O)[C@H](O)[C@H]3O)c(O[C@H]3O[C@H](CO)[C@@H](O)[C@H](O)[C@H]3O)c(O)c12. The van der Waals surface area contributed by atoms with Gasteiger partial charge in [-0.25, -0.2) is 0 Å². The van der Waals surface area contributed by atoms with E-state index in [4.69, 9.17) is 23.4 Å². The Morgan fingerprint density at radius 2 is 1.20 bits per heavy atom. The fraction of sp³-hybridized carbons (Fsp3) is 0.444. The minimum atomic E-state index is -2.00. The van der Waals surface area contributed by atoms with E-state index in [1.165, 1.54) is 24.3 Å². The first kappa shape index (κ1) is 31.7. The minimum Gasteiger partial charge on any atom is -0.508 e. The molecule has 2 aromatic carbocycles. The number of ether oxygens (including phenoxy) is 4. The van der Waals surface area contributed by atoms with Crippen LogP contribution < -0.4 is 14.9 Å². The Kier molecular flexibility index (Phi) is 8.87. The number of phenolic OH excluding ortho intramolecular Hbond substituents is 2. The molecule has 5 rings (SSSR count). The van der Waals surface area contributed by atoms with Gasteiger partial charge >= 0.3 is 0 Å². The maximum Gasteiger partial charge on any atom is 0.238 e. The van der Waals surface area contributed by atoms with E-state index in [1.807, 2.05) is 0 Å². The molecule has 2 aliphatic rings. The zero-order valence-corrected chi connectivity index (χ0v) is 22.4. The Bertz CT molecular complexity index is 1540. The van der Waals surface area contributed by atoms with Crippen molar-refractivity contribution >= 4 is 11.0 Å². The van der Waals surface area contributed by atoms with Crippen LogP contribution in [0, 0.1) is 0 Å². The van der Waals surface area contributed by atoms with Crippen LogP contribution in [-0.2, 0) is 9.47 Å². The molecule has 17 nitrogen and oxygen atoms in total. The Morgan fingerprint density at radius 3 is 1.73 bits per heavy atom. The Hall–Kier alpha value is -3.75. The van der Waals surface area contributed by atoms with Crippen LogP contribution in [0.5, 0.6) is 28.7 Å². The number of aliphatic hydroxyl groups excluding tert-OH is 8. The van der Waals surface area contributed by atoms with Gasteiger partial charge < -0.3 is 79.5 Å². The summed E-state index contributed by atoms with van der Waals surface area (Å²) in [6.07, 6.45) is -17.9. The molecule has 10 atom stereocenters. The summed E-state index contributed by atoms with van der Waals surface area (Å²) in [5, 5.41) is 112. The highest BCUT2D eigenvalue weighted by atomic mass is 16.7. The van der Waals surface area contributed by atoms with Crippen LogP contribution in [0.4, 0.5) is 0 Å². The van der Waals surface area contributed by atoms with Crippen molar-refractivity contribution in [2.75, 3.05) is 13.2 Å². The van der Waals surface area contributed by atoms with Crippen molar-refractivity contribution in [2.45, 2.75) is 61.4 Å². The van der Waals surface area contributed by atoms with Gasteiger partial charge in [0, 0.05) is 11.6 Å². The van der Waals surface area contributed by atoms with E-state index >= 15 is 0 Å². The third-order valence-electron chi connectivity index (χ3n) is 7.36. The second-order valence-corrected chi connectivity index (χ2v) is 10.2. The zero-order valence-electron chi connectivity index (χ0n) is 22.4. The van der Waals surface area contributed by atoms with E-state index in [-0.39, 0.29) is 17.1 Å². The van der Waals surface area contributed by atoms with E-state index < -0.39 is 114 Å². The molecule has 0 bridgehead atoms. The lowest BCUT2D eigenvalue weighted by molar-refractivity contribution is -0.282. The predicted molar refractivity (Wildman–Crippen MR) is 142 cm³/mol. The number of aromatic hydroxyl groups is 3. The smallest absolute Gasteiger partial charge is 0.238 e. The van der Waals surface area contributed by atoms with Gasteiger partial charge in [0.15, 0.2) is 17.3 Å². The van der Waals surface area contributed by atoms with E-state index in [2.05, 4.69) is 0 Å². The first-order valence-electron chi connectivity index (χ1n) is 13.2. The molecule has 2 saturated heterocycles.